The second-order valence-electron chi connectivity index (χ2n) is 4.31. The zero-order valence-electron chi connectivity index (χ0n) is 9.41. The van der Waals surface area contributed by atoms with E-state index in [2.05, 4.69) is 18.2 Å². The minimum atomic E-state index is -0.380. The molecule has 0 spiro atoms. The first-order valence-electron chi connectivity index (χ1n) is 5.81. The van der Waals surface area contributed by atoms with Crippen LogP contribution >= 0.6 is 11.8 Å². The molecule has 1 nitrogen and oxygen atoms in total. The molecule has 0 radical (unpaired) electrons. The molecular formula is C15H14OS. The van der Waals surface area contributed by atoms with E-state index in [1.807, 2.05) is 48.2 Å². The van der Waals surface area contributed by atoms with Crippen molar-refractivity contribution in [3.8, 4) is 0 Å². The number of hydrogen-bond donors (Lipinski definition) is 1. The Hall–Kier alpha value is -1.25. The smallest absolute Gasteiger partial charge is 0.0877 e. The van der Waals surface area contributed by atoms with Gasteiger partial charge in [0.05, 0.1) is 6.10 Å². The monoisotopic (exact) mass is 242 g/mol. The summed E-state index contributed by atoms with van der Waals surface area (Å²) in [7, 11) is 0. The van der Waals surface area contributed by atoms with Crippen molar-refractivity contribution >= 4 is 11.8 Å². The third-order valence-electron chi connectivity index (χ3n) is 3.26. The van der Waals surface area contributed by atoms with E-state index in [1.165, 1.54) is 10.5 Å². The van der Waals surface area contributed by atoms with Gasteiger partial charge in [-0.1, -0.05) is 48.5 Å². The van der Waals surface area contributed by atoms with E-state index in [4.69, 9.17) is 0 Å². The Morgan fingerprint density at radius 2 is 1.65 bits per heavy atom. The normalized spacial score (nSPS) is 23.1. The molecule has 2 heteroatoms. The maximum atomic E-state index is 10.5. The standard InChI is InChI=1S/C15H14OS/c16-15-12-8-4-5-9-14(12)17-10-13(15)11-6-2-1-3-7-11/h1-9,13,15-16H,10H2. The predicted octanol–water partition coefficient (Wildman–Crippen LogP) is 3.61. The number of fused-ring (bicyclic) bond motifs is 1. The lowest BCUT2D eigenvalue weighted by Crippen LogP contribution is -2.18. The van der Waals surface area contributed by atoms with Crippen molar-refractivity contribution in [2.24, 2.45) is 0 Å². The molecule has 17 heavy (non-hydrogen) atoms. The van der Waals surface area contributed by atoms with Crippen molar-refractivity contribution < 1.29 is 5.11 Å². The fourth-order valence-electron chi connectivity index (χ4n) is 2.32. The van der Waals surface area contributed by atoms with Gasteiger partial charge in [0.15, 0.2) is 0 Å². The lowest BCUT2D eigenvalue weighted by molar-refractivity contribution is 0.148. The highest BCUT2D eigenvalue weighted by Crippen LogP contribution is 2.43. The fraction of sp³-hybridized carbons (Fsp3) is 0.200. The number of benzene rings is 2. The predicted molar refractivity (Wildman–Crippen MR) is 71.3 cm³/mol. The van der Waals surface area contributed by atoms with Gasteiger partial charge in [0.2, 0.25) is 0 Å². The van der Waals surface area contributed by atoms with Crippen molar-refractivity contribution in [3.05, 3.63) is 65.7 Å². The molecule has 0 saturated heterocycles. The van der Waals surface area contributed by atoms with E-state index >= 15 is 0 Å². The van der Waals surface area contributed by atoms with E-state index in [1.54, 1.807) is 0 Å². The molecular weight excluding hydrogens is 228 g/mol. The largest absolute Gasteiger partial charge is 0.388 e. The molecule has 86 valence electrons. The third kappa shape index (κ3) is 1.99. The number of rotatable bonds is 1. The third-order valence-corrected chi connectivity index (χ3v) is 4.47. The van der Waals surface area contributed by atoms with Crippen LogP contribution in [-0.4, -0.2) is 10.9 Å². The molecule has 0 bridgehead atoms. The van der Waals surface area contributed by atoms with Gasteiger partial charge >= 0.3 is 0 Å². The second kappa shape index (κ2) is 4.55. The van der Waals surface area contributed by atoms with E-state index in [0.717, 1.165) is 11.3 Å². The Bertz CT molecular complexity index is 509. The minimum absolute atomic E-state index is 0.205. The number of aliphatic hydroxyl groups excluding tert-OH is 1. The van der Waals surface area contributed by atoms with Crippen LogP contribution in [0.3, 0.4) is 0 Å². The first-order valence-corrected chi connectivity index (χ1v) is 6.79. The minimum Gasteiger partial charge on any atom is -0.388 e. The molecule has 1 aliphatic rings. The summed E-state index contributed by atoms with van der Waals surface area (Å²) < 4.78 is 0. The summed E-state index contributed by atoms with van der Waals surface area (Å²) in [6.45, 7) is 0. The van der Waals surface area contributed by atoms with Gasteiger partial charge in [-0.25, -0.2) is 0 Å². The SMILES string of the molecule is OC1c2ccccc2SCC1c1ccccc1. The van der Waals surface area contributed by atoms with Gasteiger partial charge in [-0.3, -0.25) is 0 Å². The van der Waals surface area contributed by atoms with Crippen LogP contribution in [0.5, 0.6) is 0 Å². The molecule has 2 aromatic rings. The van der Waals surface area contributed by atoms with Gasteiger partial charge in [0.1, 0.15) is 0 Å². The highest BCUT2D eigenvalue weighted by molar-refractivity contribution is 7.99. The van der Waals surface area contributed by atoms with Crippen molar-refractivity contribution in [2.45, 2.75) is 16.9 Å². The van der Waals surface area contributed by atoms with Crippen LogP contribution in [0.25, 0.3) is 0 Å². The van der Waals surface area contributed by atoms with Crippen molar-refractivity contribution in [2.75, 3.05) is 5.75 Å². The van der Waals surface area contributed by atoms with Gasteiger partial charge in [0, 0.05) is 16.6 Å². The molecule has 0 amide bonds. The molecule has 2 atom stereocenters. The van der Waals surface area contributed by atoms with E-state index < -0.39 is 0 Å². The van der Waals surface area contributed by atoms with Gasteiger partial charge in [-0.15, -0.1) is 11.8 Å². The molecule has 2 aromatic carbocycles. The number of aliphatic hydroxyl groups is 1. The van der Waals surface area contributed by atoms with E-state index in [9.17, 15) is 5.11 Å². The first kappa shape index (κ1) is 10.9. The lowest BCUT2D eigenvalue weighted by atomic mass is 9.90. The quantitative estimate of drug-likeness (QED) is 0.824. The number of thioether (sulfide) groups is 1. The van der Waals surface area contributed by atoms with Gasteiger partial charge in [-0.05, 0) is 17.2 Å². The van der Waals surface area contributed by atoms with E-state index in [0.29, 0.717) is 0 Å². The van der Waals surface area contributed by atoms with Crippen molar-refractivity contribution in [1.29, 1.82) is 0 Å². The van der Waals surface area contributed by atoms with Crippen LogP contribution in [0.1, 0.15) is 23.1 Å². The fourth-order valence-corrected chi connectivity index (χ4v) is 3.59. The first-order chi connectivity index (χ1) is 8.36. The van der Waals surface area contributed by atoms with Gasteiger partial charge < -0.3 is 5.11 Å². The average Bonchev–Trinajstić information content (AvgIpc) is 2.40. The topological polar surface area (TPSA) is 20.2 Å². The summed E-state index contributed by atoms with van der Waals surface area (Å²) in [5, 5.41) is 10.5. The summed E-state index contributed by atoms with van der Waals surface area (Å²) in [4.78, 5) is 1.21. The molecule has 0 aliphatic carbocycles. The Balaban J connectivity index is 1.97. The molecule has 0 saturated carbocycles. The van der Waals surface area contributed by atoms with Crippen LogP contribution < -0.4 is 0 Å². The summed E-state index contributed by atoms with van der Waals surface area (Å²) in [6, 6.07) is 18.4. The second-order valence-corrected chi connectivity index (χ2v) is 5.37. The highest BCUT2D eigenvalue weighted by atomic mass is 32.2. The van der Waals surface area contributed by atoms with Crippen LogP contribution in [0.2, 0.25) is 0 Å². The zero-order chi connectivity index (χ0) is 11.7. The molecule has 2 unspecified atom stereocenters. The average molecular weight is 242 g/mol. The highest BCUT2D eigenvalue weighted by Gasteiger charge is 2.29. The van der Waals surface area contributed by atoms with Crippen molar-refractivity contribution in [3.63, 3.8) is 0 Å². The molecule has 1 aliphatic heterocycles. The van der Waals surface area contributed by atoms with Crippen molar-refractivity contribution in [1.82, 2.24) is 0 Å². The van der Waals surface area contributed by atoms with Crippen LogP contribution in [0.15, 0.2) is 59.5 Å². The molecule has 3 rings (SSSR count). The van der Waals surface area contributed by atoms with Crippen LogP contribution in [-0.2, 0) is 0 Å². The molecule has 0 aromatic heterocycles. The summed E-state index contributed by atoms with van der Waals surface area (Å²) in [5.74, 6) is 1.15. The van der Waals surface area contributed by atoms with Gasteiger partial charge in [-0.2, -0.15) is 0 Å². The molecule has 1 N–H and O–H groups in total. The van der Waals surface area contributed by atoms with E-state index in [-0.39, 0.29) is 12.0 Å². The van der Waals surface area contributed by atoms with Crippen LogP contribution in [0.4, 0.5) is 0 Å². The maximum Gasteiger partial charge on any atom is 0.0877 e. The summed E-state index contributed by atoms with van der Waals surface area (Å²) in [5.41, 5.74) is 2.29. The maximum absolute atomic E-state index is 10.5. The molecule has 0 fully saturated rings. The van der Waals surface area contributed by atoms with Gasteiger partial charge in [0.25, 0.3) is 0 Å². The van der Waals surface area contributed by atoms with Crippen LogP contribution in [0, 0.1) is 0 Å². The number of hydrogen-bond acceptors (Lipinski definition) is 2. The molecule has 1 heterocycles. The Morgan fingerprint density at radius 1 is 0.941 bits per heavy atom. The Labute approximate surface area is 105 Å². The zero-order valence-corrected chi connectivity index (χ0v) is 10.2. The summed E-state index contributed by atoms with van der Waals surface area (Å²) >= 11 is 1.84. The summed E-state index contributed by atoms with van der Waals surface area (Å²) in [6.07, 6.45) is -0.380. The Kier molecular flexibility index (Phi) is 2.91. The lowest BCUT2D eigenvalue weighted by Gasteiger charge is -2.29. The Morgan fingerprint density at radius 3 is 2.47 bits per heavy atom.